The summed E-state index contributed by atoms with van der Waals surface area (Å²) in [4.78, 5) is 13.4. The molecule has 0 aliphatic rings. The quantitative estimate of drug-likeness (QED) is 0.785. The van der Waals surface area contributed by atoms with E-state index in [-0.39, 0.29) is 5.91 Å². The van der Waals surface area contributed by atoms with Gasteiger partial charge in [-0.1, -0.05) is 18.2 Å². The van der Waals surface area contributed by atoms with Crippen molar-refractivity contribution in [3.8, 4) is 0 Å². The Bertz CT molecular complexity index is 283. The summed E-state index contributed by atoms with van der Waals surface area (Å²) in [6.45, 7) is 0.776. The molecule has 3 nitrogen and oxygen atoms in total. The van der Waals surface area contributed by atoms with E-state index in [1.807, 2.05) is 49.3 Å². The molecule has 0 spiro atoms. The number of carbonyl (C=O) groups excluding carboxylic acids is 1. The highest BCUT2D eigenvalue weighted by atomic mass is 16.1. The van der Waals surface area contributed by atoms with Crippen molar-refractivity contribution in [1.82, 2.24) is 4.90 Å². The number of nitrogens with one attached hydrogen (secondary N) is 1. The third-order valence-corrected chi connectivity index (χ3v) is 1.84. The van der Waals surface area contributed by atoms with E-state index in [0.29, 0.717) is 6.42 Å². The predicted molar refractivity (Wildman–Crippen MR) is 58.2 cm³/mol. The first-order chi connectivity index (χ1) is 6.68. The van der Waals surface area contributed by atoms with Gasteiger partial charge >= 0.3 is 0 Å². The Morgan fingerprint density at radius 2 is 1.93 bits per heavy atom. The van der Waals surface area contributed by atoms with Crippen LogP contribution >= 0.6 is 0 Å². The number of hydrogen-bond donors (Lipinski definition) is 1. The summed E-state index contributed by atoms with van der Waals surface area (Å²) in [6.07, 6.45) is 0.530. The van der Waals surface area contributed by atoms with Crippen molar-refractivity contribution in [2.24, 2.45) is 0 Å². The molecule has 14 heavy (non-hydrogen) atoms. The van der Waals surface area contributed by atoms with Crippen LogP contribution in [0.4, 0.5) is 5.69 Å². The molecule has 1 rings (SSSR count). The summed E-state index contributed by atoms with van der Waals surface area (Å²) in [5, 5.41) is 2.83. The van der Waals surface area contributed by atoms with E-state index in [9.17, 15) is 4.79 Å². The number of para-hydroxylation sites is 1. The van der Waals surface area contributed by atoms with Crippen molar-refractivity contribution in [2.45, 2.75) is 6.42 Å². The van der Waals surface area contributed by atoms with E-state index in [0.717, 1.165) is 12.2 Å². The largest absolute Gasteiger partial charge is 0.326 e. The van der Waals surface area contributed by atoms with E-state index in [1.54, 1.807) is 0 Å². The number of carbonyl (C=O) groups is 1. The minimum atomic E-state index is 0.0601. The number of rotatable bonds is 4. The second kappa shape index (κ2) is 5.40. The van der Waals surface area contributed by atoms with Gasteiger partial charge in [-0.2, -0.15) is 0 Å². The summed E-state index contributed by atoms with van der Waals surface area (Å²) in [7, 11) is 3.91. The molecule has 0 atom stereocenters. The minimum Gasteiger partial charge on any atom is -0.326 e. The Labute approximate surface area is 84.7 Å². The number of anilines is 1. The number of amides is 1. The van der Waals surface area contributed by atoms with Crippen molar-refractivity contribution in [2.75, 3.05) is 26.0 Å². The minimum absolute atomic E-state index is 0.0601. The van der Waals surface area contributed by atoms with Crippen LogP contribution in [0.25, 0.3) is 0 Å². The maximum absolute atomic E-state index is 11.4. The molecular weight excluding hydrogens is 176 g/mol. The zero-order valence-corrected chi connectivity index (χ0v) is 8.66. The maximum atomic E-state index is 11.4. The molecule has 0 aromatic heterocycles. The zero-order valence-electron chi connectivity index (χ0n) is 8.66. The molecule has 1 N–H and O–H groups in total. The second-order valence-corrected chi connectivity index (χ2v) is 3.47. The molecule has 0 fully saturated rings. The standard InChI is InChI=1S/C11H16N2O/c1-13(2)9-8-11(14)12-10-6-4-3-5-7-10/h3-7H,8-9H2,1-2H3,(H,12,14). The highest BCUT2D eigenvalue weighted by Gasteiger charge is 2.01. The first kappa shape index (κ1) is 10.7. The average molecular weight is 192 g/mol. The van der Waals surface area contributed by atoms with Crippen LogP contribution in [-0.4, -0.2) is 31.4 Å². The van der Waals surface area contributed by atoms with Gasteiger partial charge in [-0.05, 0) is 26.2 Å². The number of benzene rings is 1. The van der Waals surface area contributed by atoms with Gasteiger partial charge in [0, 0.05) is 18.7 Å². The Balaban J connectivity index is 2.35. The molecule has 0 saturated heterocycles. The van der Waals surface area contributed by atoms with E-state index < -0.39 is 0 Å². The van der Waals surface area contributed by atoms with Gasteiger partial charge in [0.25, 0.3) is 0 Å². The fraction of sp³-hybridized carbons (Fsp3) is 0.364. The van der Waals surface area contributed by atoms with E-state index in [1.165, 1.54) is 0 Å². The lowest BCUT2D eigenvalue weighted by Gasteiger charge is -2.09. The first-order valence-corrected chi connectivity index (χ1v) is 4.68. The lowest BCUT2D eigenvalue weighted by Crippen LogP contribution is -2.20. The predicted octanol–water partition coefficient (Wildman–Crippen LogP) is 1.58. The molecule has 76 valence electrons. The Morgan fingerprint density at radius 3 is 2.50 bits per heavy atom. The smallest absolute Gasteiger partial charge is 0.225 e. The van der Waals surface area contributed by atoms with Crippen molar-refractivity contribution in [3.05, 3.63) is 30.3 Å². The molecule has 0 radical (unpaired) electrons. The van der Waals surface area contributed by atoms with Crippen LogP contribution in [0.2, 0.25) is 0 Å². The van der Waals surface area contributed by atoms with Crippen molar-refractivity contribution in [3.63, 3.8) is 0 Å². The van der Waals surface area contributed by atoms with Crippen molar-refractivity contribution in [1.29, 1.82) is 0 Å². The van der Waals surface area contributed by atoms with Crippen LogP contribution in [-0.2, 0) is 4.79 Å². The Kier molecular flexibility index (Phi) is 4.13. The third-order valence-electron chi connectivity index (χ3n) is 1.84. The first-order valence-electron chi connectivity index (χ1n) is 4.68. The molecule has 3 heteroatoms. The summed E-state index contributed by atoms with van der Waals surface area (Å²) < 4.78 is 0. The third kappa shape index (κ3) is 4.05. The summed E-state index contributed by atoms with van der Waals surface area (Å²) in [5.41, 5.74) is 0.858. The highest BCUT2D eigenvalue weighted by molar-refractivity contribution is 5.90. The Hall–Kier alpha value is -1.35. The topological polar surface area (TPSA) is 32.3 Å². The van der Waals surface area contributed by atoms with Crippen molar-refractivity contribution < 1.29 is 4.79 Å². The fourth-order valence-corrected chi connectivity index (χ4v) is 1.07. The van der Waals surface area contributed by atoms with E-state index in [2.05, 4.69) is 5.32 Å². The van der Waals surface area contributed by atoms with Crippen LogP contribution in [0.15, 0.2) is 30.3 Å². The molecule has 0 bridgehead atoms. The molecule has 0 unspecified atom stereocenters. The van der Waals surface area contributed by atoms with Gasteiger partial charge in [0.05, 0.1) is 0 Å². The molecule has 0 heterocycles. The molecule has 0 saturated carbocycles. The lowest BCUT2D eigenvalue weighted by atomic mass is 10.3. The molecule has 1 aromatic rings. The van der Waals surface area contributed by atoms with Crippen LogP contribution in [0, 0.1) is 0 Å². The highest BCUT2D eigenvalue weighted by Crippen LogP contribution is 2.05. The van der Waals surface area contributed by atoms with Gasteiger partial charge < -0.3 is 10.2 Å². The zero-order chi connectivity index (χ0) is 10.4. The molecule has 1 aromatic carbocycles. The van der Waals surface area contributed by atoms with Gasteiger partial charge in [0.1, 0.15) is 0 Å². The molecular formula is C11H16N2O. The monoisotopic (exact) mass is 192 g/mol. The maximum Gasteiger partial charge on any atom is 0.225 e. The van der Waals surface area contributed by atoms with Crippen molar-refractivity contribution >= 4 is 11.6 Å². The fourth-order valence-electron chi connectivity index (χ4n) is 1.07. The molecule has 0 aliphatic heterocycles. The van der Waals surface area contributed by atoms with Gasteiger partial charge in [0.2, 0.25) is 5.91 Å². The summed E-state index contributed by atoms with van der Waals surface area (Å²) in [6, 6.07) is 9.50. The van der Waals surface area contributed by atoms with Crippen LogP contribution < -0.4 is 5.32 Å². The van der Waals surface area contributed by atoms with E-state index >= 15 is 0 Å². The van der Waals surface area contributed by atoms with Gasteiger partial charge in [-0.25, -0.2) is 0 Å². The van der Waals surface area contributed by atoms with Gasteiger partial charge in [-0.15, -0.1) is 0 Å². The van der Waals surface area contributed by atoms with Gasteiger partial charge in [-0.3, -0.25) is 4.79 Å². The van der Waals surface area contributed by atoms with Crippen LogP contribution in [0.5, 0.6) is 0 Å². The average Bonchev–Trinajstić information content (AvgIpc) is 2.16. The lowest BCUT2D eigenvalue weighted by molar-refractivity contribution is -0.116. The normalized spacial score (nSPS) is 10.2. The SMILES string of the molecule is CN(C)CCC(=O)Nc1ccccc1. The summed E-state index contributed by atoms with van der Waals surface area (Å²) in [5.74, 6) is 0.0601. The molecule has 1 amide bonds. The van der Waals surface area contributed by atoms with E-state index in [4.69, 9.17) is 0 Å². The van der Waals surface area contributed by atoms with Crippen LogP contribution in [0.3, 0.4) is 0 Å². The van der Waals surface area contributed by atoms with Gasteiger partial charge in [0.15, 0.2) is 0 Å². The van der Waals surface area contributed by atoms with Crippen LogP contribution in [0.1, 0.15) is 6.42 Å². The Morgan fingerprint density at radius 1 is 1.29 bits per heavy atom. The molecule has 0 aliphatic carbocycles. The summed E-state index contributed by atoms with van der Waals surface area (Å²) >= 11 is 0. The number of hydrogen-bond acceptors (Lipinski definition) is 2. The second-order valence-electron chi connectivity index (χ2n) is 3.47. The number of nitrogens with zero attached hydrogens (tertiary/aromatic N) is 1.